The van der Waals surface area contributed by atoms with E-state index in [0.29, 0.717) is 0 Å². The van der Waals surface area contributed by atoms with E-state index in [1.807, 2.05) is 0 Å². The van der Waals surface area contributed by atoms with Crippen molar-refractivity contribution in [3.63, 3.8) is 0 Å². The molecule has 6 heteroatoms. The fourth-order valence-electron chi connectivity index (χ4n) is 0.338. The van der Waals surface area contributed by atoms with Crippen LogP contribution in [0, 0.1) is 0 Å². The van der Waals surface area contributed by atoms with E-state index in [2.05, 4.69) is 5.32 Å². The molecule has 0 aromatic carbocycles. The average molecular weight is 200 g/mol. The highest BCUT2D eigenvalue weighted by Gasteiger charge is 2.17. The van der Waals surface area contributed by atoms with E-state index in [9.17, 15) is 9.59 Å². The minimum Gasteiger partial charge on any atom is -0.480 e. The molecule has 64 valence electrons. The van der Waals surface area contributed by atoms with Crippen molar-refractivity contribution < 1.29 is 14.7 Å². The van der Waals surface area contributed by atoms with Crippen molar-refractivity contribution in [2.75, 3.05) is 0 Å². The highest BCUT2D eigenvalue weighted by atomic mass is 35.5. The summed E-state index contributed by atoms with van der Waals surface area (Å²) in [4.78, 5) is 19.6. The van der Waals surface area contributed by atoms with Gasteiger partial charge in [0, 0.05) is 0 Å². The van der Waals surface area contributed by atoms with Crippen LogP contribution in [-0.2, 0) is 9.59 Å². The molecule has 0 fully saturated rings. The molecule has 0 bridgehead atoms. The molecule has 2 N–H and O–H groups in total. The van der Waals surface area contributed by atoms with Crippen LogP contribution in [0.25, 0.3) is 0 Å². The zero-order valence-electron chi connectivity index (χ0n) is 5.67. The third-order valence-corrected chi connectivity index (χ3v) is 1.32. The first kappa shape index (κ1) is 10.5. The second kappa shape index (κ2) is 4.41. The fourth-order valence-corrected chi connectivity index (χ4v) is 0.464. The number of carboxylic acids is 1. The predicted octanol–water partition coefficient (Wildman–Crippen LogP) is 0.379. The van der Waals surface area contributed by atoms with Gasteiger partial charge in [-0.3, -0.25) is 9.59 Å². The maximum absolute atomic E-state index is 10.6. The Kier molecular flexibility index (Phi) is 4.22. The van der Waals surface area contributed by atoms with E-state index in [0.717, 1.165) is 0 Å². The van der Waals surface area contributed by atoms with Crippen LogP contribution in [0.3, 0.4) is 0 Å². The molecule has 0 aliphatic carbocycles. The van der Waals surface area contributed by atoms with E-state index >= 15 is 0 Å². The van der Waals surface area contributed by atoms with E-state index in [-0.39, 0.29) is 0 Å². The minimum absolute atomic E-state index is 0.705. The lowest BCUT2D eigenvalue weighted by molar-refractivity contribution is -0.141. The molecular formula is C5H7Cl2NO3. The van der Waals surface area contributed by atoms with Gasteiger partial charge in [0.2, 0.25) is 0 Å². The molecule has 0 radical (unpaired) electrons. The van der Waals surface area contributed by atoms with Crippen molar-refractivity contribution in [1.82, 2.24) is 5.32 Å². The van der Waals surface area contributed by atoms with Crippen LogP contribution in [0.4, 0.5) is 0 Å². The van der Waals surface area contributed by atoms with Crippen molar-refractivity contribution in [1.29, 1.82) is 0 Å². The molecular weight excluding hydrogens is 193 g/mol. The summed E-state index contributed by atoms with van der Waals surface area (Å²) < 4.78 is 0. The number of aliphatic carboxylic acids is 1. The molecule has 0 saturated carbocycles. The third kappa shape index (κ3) is 4.06. The molecule has 0 saturated heterocycles. The Labute approximate surface area is 73.5 Å². The van der Waals surface area contributed by atoms with Crippen molar-refractivity contribution >= 4 is 35.1 Å². The Bertz CT molecular complexity index is 171. The SMILES string of the molecule is C[C@@H](NC(=O)C(Cl)Cl)C(=O)O. The van der Waals surface area contributed by atoms with Crippen molar-refractivity contribution in [2.45, 2.75) is 17.8 Å². The first-order chi connectivity index (χ1) is 4.95. The van der Waals surface area contributed by atoms with E-state index in [1.165, 1.54) is 6.92 Å². The van der Waals surface area contributed by atoms with Crippen molar-refractivity contribution in [3.8, 4) is 0 Å². The minimum atomic E-state index is -1.23. The smallest absolute Gasteiger partial charge is 0.325 e. The van der Waals surface area contributed by atoms with Gasteiger partial charge in [0.05, 0.1) is 0 Å². The number of carbonyl (C=O) groups excluding carboxylic acids is 1. The maximum Gasteiger partial charge on any atom is 0.325 e. The van der Waals surface area contributed by atoms with Crippen molar-refractivity contribution in [3.05, 3.63) is 0 Å². The Morgan fingerprint density at radius 3 is 2.18 bits per heavy atom. The van der Waals surface area contributed by atoms with E-state index < -0.39 is 22.8 Å². The number of amides is 1. The number of hydrogen-bond acceptors (Lipinski definition) is 2. The molecule has 0 rings (SSSR count). The highest BCUT2D eigenvalue weighted by Crippen LogP contribution is 2.00. The summed E-state index contributed by atoms with van der Waals surface area (Å²) in [6.45, 7) is 1.32. The summed E-state index contributed by atoms with van der Waals surface area (Å²) in [5, 5.41) is 10.4. The van der Waals surface area contributed by atoms with Crippen molar-refractivity contribution in [2.24, 2.45) is 0 Å². The predicted molar refractivity (Wildman–Crippen MR) is 40.7 cm³/mol. The number of nitrogens with one attached hydrogen (secondary N) is 1. The Balaban J connectivity index is 3.85. The highest BCUT2D eigenvalue weighted by molar-refractivity contribution is 6.53. The molecule has 0 spiro atoms. The molecule has 0 aromatic rings. The summed E-state index contributed by atoms with van der Waals surface area (Å²) in [6.07, 6.45) is 0. The molecule has 11 heavy (non-hydrogen) atoms. The van der Waals surface area contributed by atoms with Crippen LogP contribution in [0.1, 0.15) is 6.92 Å². The van der Waals surface area contributed by atoms with Gasteiger partial charge in [-0.15, -0.1) is 0 Å². The van der Waals surface area contributed by atoms with Gasteiger partial charge in [0.1, 0.15) is 6.04 Å². The topological polar surface area (TPSA) is 66.4 Å². The molecule has 0 unspecified atom stereocenters. The number of rotatable bonds is 3. The first-order valence-corrected chi connectivity index (χ1v) is 3.63. The van der Waals surface area contributed by atoms with Gasteiger partial charge in [0.15, 0.2) is 4.84 Å². The fraction of sp³-hybridized carbons (Fsp3) is 0.600. The lowest BCUT2D eigenvalue weighted by Crippen LogP contribution is -2.40. The molecule has 4 nitrogen and oxygen atoms in total. The summed E-state index contributed by atoms with van der Waals surface area (Å²) in [5.41, 5.74) is 0. The van der Waals surface area contributed by atoms with E-state index in [1.54, 1.807) is 0 Å². The third-order valence-electron chi connectivity index (χ3n) is 0.927. The molecule has 0 aromatic heterocycles. The summed E-state index contributed by atoms with van der Waals surface area (Å²) >= 11 is 10.3. The van der Waals surface area contributed by atoms with Gasteiger partial charge in [0.25, 0.3) is 5.91 Å². The van der Waals surface area contributed by atoms with Gasteiger partial charge in [-0.25, -0.2) is 0 Å². The Morgan fingerprint density at radius 1 is 1.45 bits per heavy atom. The number of halogens is 2. The normalized spacial score (nSPS) is 12.7. The van der Waals surface area contributed by atoms with Crippen LogP contribution in [-0.4, -0.2) is 27.9 Å². The second-order valence-electron chi connectivity index (χ2n) is 1.87. The zero-order chi connectivity index (χ0) is 9.02. The number of carbonyl (C=O) groups is 2. The first-order valence-electron chi connectivity index (χ1n) is 2.76. The summed E-state index contributed by atoms with van der Waals surface area (Å²) in [6, 6.07) is -0.970. The lowest BCUT2D eigenvalue weighted by Gasteiger charge is -2.08. The molecule has 0 aliphatic heterocycles. The van der Waals surface area contributed by atoms with Crippen LogP contribution in [0.5, 0.6) is 0 Å². The number of hydrogen-bond donors (Lipinski definition) is 2. The van der Waals surface area contributed by atoms with Gasteiger partial charge in [-0.05, 0) is 6.92 Å². The summed E-state index contributed by atoms with van der Waals surface area (Å²) in [5.74, 6) is -1.84. The van der Waals surface area contributed by atoms with E-state index in [4.69, 9.17) is 28.3 Å². The van der Waals surface area contributed by atoms with Crippen LogP contribution < -0.4 is 5.32 Å². The maximum atomic E-state index is 10.6. The lowest BCUT2D eigenvalue weighted by atomic mass is 10.3. The van der Waals surface area contributed by atoms with Gasteiger partial charge >= 0.3 is 5.97 Å². The Morgan fingerprint density at radius 2 is 1.91 bits per heavy atom. The van der Waals surface area contributed by atoms with Crippen LogP contribution >= 0.6 is 23.2 Å². The zero-order valence-corrected chi connectivity index (χ0v) is 7.19. The Hall–Kier alpha value is -0.480. The van der Waals surface area contributed by atoms with Gasteiger partial charge < -0.3 is 10.4 Å². The number of carboxylic acid groups (broad SMARTS) is 1. The molecule has 0 heterocycles. The van der Waals surface area contributed by atoms with Crippen LogP contribution in [0.15, 0.2) is 0 Å². The van der Waals surface area contributed by atoms with Gasteiger partial charge in [-0.1, -0.05) is 23.2 Å². The summed E-state index contributed by atoms with van der Waals surface area (Å²) in [7, 11) is 0. The largest absolute Gasteiger partial charge is 0.480 e. The quantitative estimate of drug-likeness (QED) is 0.647. The second-order valence-corrected chi connectivity index (χ2v) is 2.97. The standard InChI is InChI=1S/C5H7Cl2NO3/c1-2(5(10)11)8-4(9)3(6)7/h2-3H,1H3,(H,8,9)(H,10,11)/t2-/m1/s1. The van der Waals surface area contributed by atoms with Crippen LogP contribution in [0.2, 0.25) is 0 Å². The molecule has 1 amide bonds. The molecule has 0 aliphatic rings. The number of alkyl halides is 2. The molecule has 1 atom stereocenters. The van der Waals surface area contributed by atoms with Gasteiger partial charge in [-0.2, -0.15) is 0 Å². The monoisotopic (exact) mass is 199 g/mol. The average Bonchev–Trinajstić information content (AvgIpc) is 1.87.